The van der Waals surface area contributed by atoms with Gasteiger partial charge in [0.15, 0.2) is 0 Å². The van der Waals surface area contributed by atoms with Crippen molar-refractivity contribution in [3.8, 4) is 0 Å². The summed E-state index contributed by atoms with van der Waals surface area (Å²) in [7, 11) is 0. The third kappa shape index (κ3) is 2.87. The number of benzene rings is 1. The SMILES string of the molecule is CC1(c2ccc(CN3CCOCC3)c(F)c2)CCCN1. The summed E-state index contributed by atoms with van der Waals surface area (Å²) in [5.74, 6) is -0.0797. The summed E-state index contributed by atoms with van der Waals surface area (Å²) < 4.78 is 19.7. The Kier molecular flexibility index (Phi) is 4.06. The molecule has 2 fully saturated rings. The van der Waals surface area contributed by atoms with Gasteiger partial charge in [0.25, 0.3) is 0 Å². The predicted molar refractivity (Wildman–Crippen MR) is 77.1 cm³/mol. The maximum absolute atomic E-state index is 14.3. The van der Waals surface area contributed by atoms with Crippen molar-refractivity contribution in [2.24, 2.45) is 0 Å². The Balaban J connectivity index is 1.73. The summed E-state index contributed by atoms with van der Waals surface area (Å²) in [6.07, 6.45) is 2.24. The van der Waals surface area contributed by atoms with Crippen molar-refractivity contribution in [2.75, 3.05) is 32.8 Å². The number of halogens is 1. The molecule has 1 atom stereocenters. The van der Waals surface area contributed by atoms with Crippen LogP contribution >= 0.6 is 0 Å². The molecule has 20 heavy (non-hydrogen) atoms. The van der Waals surface area contributed by atoms with Gasteiger partial charge in [0.1, 0.15) is 5.82 Å². The molecule has 0 aliphatic carbocycles. The zero-order valence-corrected chi connectivity index (χ0v) is 12.1. The number of rotatable bonds is 3. The van der Waals surface area contributed by atoms with Crippen molar-refractivity contribution < 1.29 is 9.13 Å². The molecule has 0 radical (unpaired) electrons. The standard InChI is InChI=1S/C16H23FN2O/c1-16(5-2-6-18-16)14-4-3-13(15(17)11-14)12-19-7-9-20-10-8-19/h3-4,11,18H,2,5-10,12H2,1H3. The first-order valence-electron chi connectivity index (χ1n) is 7.51. The fourth-order valence-electron chi connectivity index (χ4n) is 3.16. The van der Waals surface area contributed by atoms with Crippen LogP contribution in [0.3, 0.4) is 0 Å². The van der Waals surface area contributed by atoms with Gasteiger partial charge >= 0.3 is 0 Å². The van der Waals surface area contributed by atoms with Crippen molar-refractivity contribution in [1.82, 2.24) is 10.2 Å². The molecule has 0 spiro atoms. The lowest BCUT2D eigenvalue weighted by Crippen LogP contribution is -2.36. The molecule has 0 amide bonds. The number of hydrogen-bond donors (Lipinski definition) is 1. The second-order valence-corrected chi connectivity index (χ2v) is 6.06. The first-order valence-corrected chi connectivity index (χ1v) is 7.51. The van der Waals surface area contributed by atoms with Crippen molar-refractivity contribution >= 4 is 0 Å². The van der Waals surface area contributed by atoms with E-state index >= 15 is 0 Å². The largest absolute Gasteiger partial charge is 0.379 e. The summed E-state index contributed by atoms with van der Waals surface area (Å²) in [4.78, 5) is 2.25. The minimum absolute atomic E-state index is 0.0572. The second kappa shape index (κ2) is 5.80. The normalized spacial score (nSPS) is 27.9. The van der Waals surface area contributed by atoms with E-state index in [1.807, 2.05) is 6.07 Å². The number of morpholine rings is 1. The van der Waals surface area contributed by atoms with E-state index in [1.54, 1.807) is 6.07 Å². The topological polar surface area (TPSA) is 24.5 Å². The minimum Gasteiger partial charge on any atom is -0.379 e. The van der Waals surface area contributed by atoms with E-state index < -0.39 is 0 Å². The average molecular weight is 278 g/mol. The van der Waals surface area contributed by atoms with Crippen molar-refractivity contribution in [1.29, 1.82) is 0 Å². The molecule has 0 aromatic heterocycles. The molecular formula is C16H23FN2O. The van der Waals surface area contributed by atoms with Crippen LogP contribution in [0.15, 0.2) is 18.2 Å². The molecular weight excluding hydrogens is 255 g/mol. The zero-order valence-electron chi connectivity index (χ0n) is 12.1. The first kappa shape index (κ1) is 14.0. The Morgan fingerprint density at radius 1 is 1.35 bits per heavy atom. The van der Waals surface area contributed by atoms with Gasteiger partial charge in [0.05, 0.1) is 13.2 Å². The molecule has 3 nitrogen and oxygen atoms in total. The number of nitrogens with zero attached hydrogens (tertiary/aromatic N) is 1. The van der Waals surface area contributed by atoms with Gasteiger partial charge in [0.2, 0.25) is 0 Å². The smallest absolute Gasteiger partial charge is 0.128 e. The van der Waals surface area contributed by atoms with E-state index in [0.29, 0.717) is 6.54 Å². The number of hydrogen-bond acceptors (Lipinski definition) is 3. The van der Waals surface area contributed by atoms with E-state index in [2.05, 4.69) is 23.2 Å². The Labute approximate surface area is 120 Å². The lowest BCUT2D eigenvalue weighted by atomic mass is 9.90. The molecule has 2 aliphatic heterocycles. The van der Waals surface area contributed by atoms with Gasteiger partial charge in [-0.15, -0.1) is 0 Å². The lowest BCUT2D eigenvalue weighted by molar-refractivity contribution is 0.0337. The quantitative estimate of drug-likeness (QED) is 0.918. The third-order valence-electron chi connectivity index (χ3n) is 4.56. The summed E-state index contributed by atoms with van der Waals surface area (Å²) in [5, 5.41) is 3.48. The van der Waals surface area contributed by atoms with Gasteiger partial charge < -0.3 is 10.1 Å². The highest BCUT2D eigenvalue weighted by molar-refractivity contribution is 5.30. The molecule has 2 aliphatic rings. The molecule has 1 aromatic carbocycles. The van der Waals surface area contributed by atoms with E-state index in [-0.39, 0.29) is 11.4 Å². The molecule has 2 heterocycles. The van der Waals surface area contributed by atoms with Gasteiger partial charge in [-0.3, -0.25) is 4.90 Å². The molecule has 0 bridgehead atoms. The molecule has 0 saturated carbocycles. The maximum Gasteiger partial charge on any atom is 0.128 e. The van der Waals surface area contributed by atoms with Crippen LogP contribution in [0, 0.1) is 5.82 Å². The van der Waals surface area contributed by atoms with Crippen molar-refractivity contribution in [3.63, 3.8) is 0 Å². The van der Waals surface area contributed by atoms with Gasteiger partial charge in [-0.05, 0) is 37.9 Å². The highest BCUT2D eigenvalue weighted by Gasteiger charge is 2.30. The Hall–Kier alpha value is -0.970. The van der Waals surface area contributed by atoms with Crippen molar-refractivity contribution in [2.45, 2.75) is 31.8 Å². The average Bonchev–Trinajstić information content (AvgIpc) is 2.90. The molecule has 2 saturated heterocycles. The van der Waals surface area contributed by atoms with Crippen LogP contribution in [0.1, 0.15) is 30.9 Å². The molecule has 1 unspecified atom stereocenters. The first-order chi connectivity index (χ1) is 9.67. The van der Waals surface area contributed by atoms with Crippen LogP contribution in [0.5, 0.6) is 0 Å². The van der Waals surface area contributed by atoms with E-state index in [1.165, 1.54) is 0 Å². The fourth-order valence-corrected chi connectivity index (χ4v) is 3.16. The maximum atomic E-state index is 14.3. The van der Waals surface area contributed by atoms with Gasteiger partial charge in [-0.2, -0.15) is 0 Å². The van der Waals surface area contributed by atoms with E-state index in [0.717, 1.165) is 56.8 Å². The molecule has 4 heteroatoms. The number of ether oxygens (including phenoxy) is 1. The van der Waals surface area contributed by atoms with E-state index in [4.69, 9.17) is 4.74 Å². The second-order valence-electron chi connectivity index (χ2n) is 6.06. The summed E-state index contributed by atoms with van der Waals surface area (Å²) in [6, 6.07) is 5.75. The lowest BCUT2D eigenvalue weighted by Gasteiger charge is -2.28. The van der Waals surface area contributed by atoms with Crippen LogP contribution < -0.4 is 5.32 Å². The van der Waals surface area contributed by atoms with Gasteiger partial charge in [-0.25, -0.2) is 4.39 Å². The van der Waals surface area contributed by atoms with Gasteiger partial charge in [-0.1, -0.05) is 12.1 Å². The summed E-state index contributed by atoms with van der Waals surface area (Å²) in [5.41, 5.74) is 1.80. The molecule has 110 valence electrons. The Morgan fingerprint density at radius 3 is 2.80 bits per heavy atom. The minimum atomic E-state index is -0.0797. The number of nitrogens with one attached hydrogen (secondary N) is 1. The van der Waals surface area contributed by atoms with Crippen LogP contribution in [0.2, 0.25) is 0 Å². The molecule has 3 rings (SSSR count). The molecule has 1 aromatic rings. The summed E-state index contributed by atoms with van der Waals surface area (Å²) >= 11 is 0. The van der Waals surface area contributed by atoms with Crippen LogP contribution in [-0.4, -0.2) is 37.7 Å². The fraction of sp³-hybridized carbons (Fsp3) is 0.625. The van der Waals surface area contributed by atoms with Crippen LogP contribution in [-0.2, 0) is 16.8 Å². The monoisotopic (exact) mass is 278 g/mol. The third-order valence-corrected chi connectivity index (χ3v) is 4.56. The Bertz CT molecular complexity index is 466. The zero-order chi connectivity index (χ0) is 14.0. The predicted octanol–water partition coefficient (Wildman–Crippen LogP) is 2.26. The van der Waals surface area contributed by atoms with Crippen molar-refractivity contribution in [3.05, 3.63) is 35.1 Å². The highest BCUT2D eigenvalue weighted by atomic mass is 19.1. The van der Waals surface area contributed by atoms with Gasteiger partial charge in [0, 0.05) is 30.7 Å². The highest BCUT2D eigenvalue weighted by Crippen LogP contribution is 2.31. The van der Waals surface area contributed by atoms with Crippen LogP contribution in [0.25, 0.3) is 0 Å². The molecule has 1 N–H and O–H groups in total. The van der Waals surface area contributed by atoms with E-state index in [9.17, 15) is 4.39 Å². The Morgan fingerprint density at radius 2 is 2.15 bits per heavy atom. The summed E-state index contributed by atoms with van der Waals surface area (Å²) in [6.45, 7) is 7.15. The van der Waals surface area contributed by atoms with Crippen LogP contribution in [0.4, 0.5) is 4.39 Å².